The third kappa shape index (κ3) is 3.73. The summed E-state index contributed by atoms with van der Waals surface area (Å²) >= 11 is 12.7. The van der Waals surface area contributed by atoms with Gasteiger partial charge in [-0.15, -0.1) is 0 Å². The van der Waals surface area contributed by atoms with Gasteiger partial charge < -0.3 is 5.32 Å². The first-order chi connectivity index (χ1) is 9.10. The smallest absolute Gasteiger partial charge is 0.140 e. The number of nitriles is 1. The molecule has 1 atom stereocenters. The molecule has 5 heteroatoms. The van der Waals surface area contributed by atoms with E-state index in [0.717, 1.165) is 20.2 Å². The molecule has 2 aromatic rings. The van der Waals surface area contributed by atoms with E-state index in [1.54, 1.807) is 6.07 Å². The van der Waals surface area contributed by atoms with E-state index < -0.39 is 6.04 Å². The van der Waals surface area contributed by atoms with Crippen molar-refractivity contribution in [2.24, 2.45) is 0 Å². The Morgan fingerprint density at radius 1 is 1.16 bits per heavy atom. The van der Waals surface area contributed by atoms with Crippen molar-refractivity contribution in [2.75, 3.05) is 5.32 Å². The van der Waals surface area contributed by atoms with Gasteiger partial charge in [-0.3, -0.25) is 0 Å². The van der Waals surface area contributed by atoms with Gasteiger partial charge in [-0.05, 0) is 51.8 Å². The van der Waals surface area contributed by atoms with Crippen molar-refractivity contribution in [3.63, 3.8) is 0 Å². The summed E-state index contributed by atoms with van der Waals surface area (Å²) in [6, 6.07) is 15.0. The number of nitrogens with zero attached hydrogens (tertiary/aromatic N) is 1. The molecule has 96 valence electrons. The van der Waals surface area contributed by atoms with E-state index in [9.17, 15) is 5.26 Å². The molecule has 0 aliphatic rings. The Labute approximate surface area is 133 Å². The van der Waals surface area contributed by atoms with Crippen molar-refractivity contribution in [2.45, 2.75) is 6.04 Å². The van der Waals surface area contributed by atoms with E-state index in [4.69, 9.17) is 11.6 Å². The number of halogens is 3. The molecule has 0 aliphatic carbocycles. The minimum absolute atomic E-state index is 0.428. The fourth-order valence-electron chi connectivity index (χ4n) is 1.63. The van der Waals surface area contributed by atoms with E-state index in [1.165, 1.54) is 0 Å². The van der Waals surface area contributed by atoms with Crippen LogP contribution in [0.4, 0.5) is 5.69 Å². The predicted octanol–water partition coefficient (Wildman–Crippen LogP) is 5.54. The predicted molar refractivity (Wildman–Crippen MR) is 85.3 cm³/mol. The molecule has 2 aromatic carbocycles. The summed E-state index contributed by atoms with van der Waals surface area (Å²) in [5.74, 6) is 0. The van der Waals surface area contributed by atoms with Gasteiger partial charge in [0.05, 0.1) is 11.1 Å². The zero-order chi connectivity index (χ0) is 13.8. The first-order valence-corrected chi connectivity index (χ1v) is 7.43. The Bertz CT molecular complexity index is 638. The average Bonchev–Trinajstić information content (AvgIpc) is 2.39. The van der Waals surface area contributed by atoms with Crippen molar-refractivity contribution >= 4 is 49.1 Å². The van der Waals surface area contributed by atoms with Gasteiger partial charge in [0.2, 0.25) is 0 Å². The van der Waals surface area contributed by atoms with Gasteiger partial charge in [0, 0.05) is 14.6 Å². The van der Waals surface area contributed by atoms with Crippen LogP contribution in [0, 0.1) is 11.3 Å². The molecule has 1 N–H and O–H groups in total. The minimum Gasteiger partial charge on any atom is -0.366 e. The van der Waals surface area contributed by atoms with Crippen LogP contribution in [0.25, 0.3) is 0 Å². The number of rotatable bonds is 3. The quantitative estimate of drug-likeness (QED) is 0.734. The van der Waals surface area contributed by atoms with E-state index in [0.29, 0.717) is 5.02 Å². The van der Waals surface area contributed by atoms with Gasteiger partial charge >= 0.3 is 0 Å². The van der Waals surface area contributed by atoms with Crippen LogP contribution < -0.4 is 5.32 Å². The maximum Gasteiger partial charge on any atom is 0.140 e. The molecule has 0 saturated carbocycles. The van der Waals surface area contributed by atoms with Gasteiger partial charge in [-0.25, -0.2) is 0 Å². The third-order valence-corrected chi connectivity index (χ3v) is 4.25. The summed E-state index contributed by atoms with van der Waals surface area (Å²) in [4.78, 5) is 0. The molecule has 0 heterocycles. The number of anilines is 1. The molecule has 2 rings (SSSR count). The summed E-state index contributed by atoms with van der Waals surface area (Å²) in [7, 11) is 0. The molecule has 1 unspecified atom stereocenters. The second-order valence-electron chi connectivity index (χ2n) is 3.89. The Morgan fingerprint density at radius 3 is 2.58 bits per heavy atom. The van der Waals surface area contributed by atoms with Crippen molar-refractivity contribution in [3.05, 3.63) is 62.0 Å². The Balaban J connectivity index is 2.25. The highest BCUT2D eigenvalue weighted by atomic mass is 79.9. The lowest BCUT2D eigenvalue weighted by atomic mass is 10.1. The Morgan fingerprint density at radius 2 is 1.95 bits per heavy atom. The maximum absolute atomic E-state index is 9.30. The van der Waals surface area contributed by atoms with E-state index in [1.807, 2.05) is 36.4 Å². The topological polar surface area (TPSA) is 35.8 Å². The van der Waals surface area contributed by atoms with E-state index >= 15 is 0 Å². The van der Waals surface area contributed by atoms with Crippen LogP contribution in [0.2, 0.25) is 5.02 Å². The lowest BCUT2D eigenvalue weighted by Gasteiger charge is -2.14. The molecule has 0 amide bonds. The van der Waals surface area contributed by atoms with E-state index in [-0.39, 0.29) is 0 Å². The van der Waals surface area contributed by atoms with Crippen LogP contribution in [-0.2, 0) is 0 Å². The number of benzene rings is 2. The highest BCUT2D eigenvalue weighted by Crippen LogP contribution is 2.28. The van der Waals surface area contributed by atoms with Crippen LogP contribution >= 0.6 is 43.5 Å². The lowest BCUT2D eigenvalue weighted by molar-refractivity contribution is 0.996. The average molecular weight is 401 g/mol. The van der Waals surface area contributed by atoms with Gasteiger partial charge in [0.15, 0.2) is 0 Å². The van der Waals surface area contributed by atoms with Crippen molar-refractivity contribution in [1.82, 2.24) is 0 Å². The molecule has 2 nitrogen and oxygen atoms in total. The number of nitrogens with one attached hydrogen (secondary N) is 1. The van der Waals surface area contributed by atoms with E-state index in [2.05, 4.69) is 43.2 Å². The van der Waals surface area contributed by atoms with Crippen LogP contribution in [-0.4, -0.2) is 0 Å². The van der Waals surface area contributed by atoms with Gasteiger partial charge in [0.25, 0.3) is 0 Å². The highest BCUT2D eigenvalue weighted by Gasteiger charge is 2.11. The molecular formula is C14H9Br2ClN2. The maximum atomic E-state index is 9.30. The van der Waals surface area contributed by atoms with Gasteiger partial charge in [-0.1, -0.05) is 39.7 Å². The molecule has 0 bridgehead atoms. The largest absolute Gasteiger partial charge is 0.366 e. The molecule has 0 aromatic heterocycles. The molecule has 0 spiro atoms. The zero-order valence-corrected chi connectivity index (χ0v) is 13.6. The number of hydrogen-bond acceptors (Lipinski definition) is 2. The Kier molecular flexibility index (Phi) is 4.87. The fraction of sp³-hybridized carbons (Fsp3) is 0.0714. The summed E-state index contributed by atoms with van der Waals surface area (Å²) in [5.41, 5.74) is 1.74. The molecule has 19 heavy (non-hydrogen) atoms. The molecule has 0 aliphatic heterocycles. The summed E-state index contributed by atoms with van der Waals surface area (Å²) in [6.07, 6.45) is 0. The third-order valence-electron chi connectivity index (χ3n) is 2.54. The monoisotopic (exact) mass is 398 g/mol. The SMILES string of the molecule is N#CC(Nc1cccc(Br)c1)c1ccc(Cl)c(Br)c1. The highest BCUT2D eigenvalue weighted by molar-refractivity contribution is 9.10. The first-order valence-electron chi connectivity index (χ1n) is 5.47. The standard InChI is InChI=1S/C14H9Br2ClN2/c15-10-2-1-3-11(7-10)19-14(8-18)9-4-5-13(17)12(16)6-9/h1-7,14,19H. The first kappa shape index (κ1) is 14.4. The summed E-state index contributed by atoms with van der Waals surface area (Å²) < 4.78 is 1.74. The van der Waals surface area contributed by atoms with Gasteiger partial charge in [0.1, 0.15) is 6.04 Å². The zero-order valence-electron chi connectivity index (χ0n) is 9.70. The van der Waals surface area contributed by atoms with Gasteiger partial charge in [-0.2, -0.15) is 5.26 Å². The Hall–Kier alpha value is -1.02. The second kappa shape index (κ2) is 6.42. The fourth-order valence-corrected chi connectivity index (χ4v) is 2.54. The van der Waals surface area contributed by atoms with Crippen LogP contribution in [0.15, 0.2) is 51.4 Å². The molecule has 0 radical (unpaired) electrons. The van der Waals surface area contributed by atoms with Crippen molar-refractivity contribution in [1.29, 1.82) is 5.26 Å². The van der Waals surface area contributed by atoms with Crippen molar-refractivity contribution in [3.8, 4) is 6.07 Å². The molecule has 0 fully saturated rings. The summed E-state index contributed by atoms with van der Waals surface area (Å²) in [6.45, 7) is 0. The second-order valence-corrected chi connectivity index (χ2v) is 6.07. The van der Waals surface area contributed by atoms with Crippen LogP contribution in [0.1, 0.15) is 11.6 Å². The normalized spacial score (nSPS) is 11.7. The van der Waals surface area contributed by atoms with Crippen molar-refractivity contribution < 1.29 is 0 Å². The van der Waals surface area contributed by atoms with Crippen LogP contribution in [0.5, 0.6) is 0 Å². The van der Waals surface area contributed by atoms with Crippen LogP contribution in [0.3, 0.4) is 0 Å². The molecular weight excluding hydrogens is 391 g/mol. The lowest BCUT2D eigenvalue weighted by Crippen LogP contribution is -2.08. The number of hydrogen-bond donors (Lipinski definition) is 1. The molecule has 0 saturated heterocycles. The summed E-state index contributed by atoms with van der Waals surface area (Å²) in [5, 5.41) is 13.1. The minimum atomic E-state index is -0.428.